The quantitative estimate of drug-likeness (QED) is 0.859. The number of benzene rings is 1. The van der Waals surface area contributed by atoms with E-state index in [0.717, 1.165) is 23.8 Å². The van der Waals surface area contributed by atoms with Gasteiger partial charge in [-0.25, -0.2) is 0 Å². The lowest BCUT2D eigenvalue weighted by Gasteiger charge is -2.34. The first-order valence-corrected chi connectivity index (χ1v) is 6.65. The number of phenols is 1. The van der Waals surface area contributed by atoms with Gasteiger partial charge in [0.1, 0.15) is 5.75 Å². The molecule has 88 valence electrons. The van der Waals surface area contributed by atoms with Gasteiger partial charge in [0.25, 0.3) is 0 Å². The molecule has 0 heterocycles. The smallest absolute Gasteiger partial charge is 0.115 e. The minimum atomic E-state index is 0.357. The molecule has 2 rings (SSSR count). The van der Waals surface area contributed by atoms with E-state index in [-0.39, 0.29) is 0 Å². The fraction of sp³-hybridized carbons (Fsp3) is 0.538. The van der Waals surface area contributed by atoms with Gasteiger partial charge in [-0.05, 0) is 43.5 Å². The summed E-state index contributed by atoms with van der Waals surface area (Å²) < 4.78 is 0. The van der Waals surface area contributed by atoms with Gasteiger partial charge in [0.2, 0.25) is 0 Å². The second-order valence-corrected chi connectivity index (χ2v) is 6.10. The molecule has 1 fully saturated rings. The van der Waals surface area contributed by atoms with Gasteiger partial charge in [-0.1, -0.05) is 28.1 Å². The lowest BCUT2D eigenvalue weighted by Crippen LogP contribution is -2.34. The van der Waals surface area contributed by atoms with Crippen LogP contribution in [0.1, 0.15) is 18.4 Å². The highest BCUT2D eigenvalue weighted by Gasteiger charge is 2.27. The molecule has 3 heteroatoms. The predicted molar refractivity (Wildman–Crippen MR) is 69.9 cm³/mol. The molecule has 0 bridgehead atoms. The van der Waals surface area contributed by atoms with Crippen molar-refractivity contribution in [2.75, 3.05) is 13.6 Å². The van der Waals surface area contributed by atoms with Crippen molar-refractivity contribution in [3.63, 3.8) is 0 Å². The third kappa shape index (κ3) is 3.22. The van der Waals surface area contributed by atoms with Crippen LogP contribution in [0.5, 0.6) is 5.75 Å². The topological polar surface area (TPSA) is 23.5 Å². The average molecular weight is 284 g/mol. The van der Waals surface area contributed by atoms with Crippen LogP contribution in [0, 0.1) is 5.92 Å². The van der Waals surface area contributed by atoms with Crippen LogP contribution in [0.25, 0.3) is 0 Å². The van der Waals surface area contributed by atoms with Crippen molar-refractivity contribution in [1.29, 1.82) is 0 Å². The highest BCUT2D eigenvalue weighted by Crippen LogP contribution is 2.33. The molecule has 1 aliphatic carbocycles. The number of halogens is 1. The molecule has 1 aromatic carbocycles. The van der Waals surface area contributed by atoms with E-state index in [1.807, 2.05) is 12.1 Å². The van der Waals surface area contributed by atoms with Crippen molar-refractivity contribution in [2.24, 2.45) is 5.92 Å². The molecule has 2 nitrogen and oxygen atoms in total. The molecule has 0 atom stereocenters. The zero-order valence-corrected chi connectivity index (χ0v) is 11.2. The molecule has 1 saturated carbocycles. The predicted octanol–water partition coefficient (Wildman–Crippen LogP) is 3.00. The van der Waals surface area contributed by atoms with Gasteiger partial charge >= 0.3 is 0 Å². The van der Waals surface area contributed by atoms with Crippen LogP contribution >= 0.6 is 15.9 Å². The zero-order chi connectivity index (χ0) is 11.5. The maximum atomic E-state index is 9.38. The average Bonchev–Trinajstić information content (AvgIpc) is 2.15. The van der Waals surface area contributed by atoms with E-state index in [9.17, 15) is 5.11 Å². The Kier molecular flexibility index (Phi) is 3.87. The largest absolute Gasteiger partial charge is 0.508 e. The van der Waals surface area contributed by atoms with Crippen LogP contribution in [0.2, 0.25) is 0 Å². The maximum Gasteiger partial charge on any atom is 0.115 e. The first-order valence-electron chi connectivity index (χ1n) is 5.74. The van der Waals surface area contributed by atoms with E-state index in [1.54, 1.807) is 6.07 Å². The normalized spacial score (nSPS) is 24.4. The summed E-state index contributed by atoms with van der Waals surface area (Å²) in [6.07, 6.45) is 2.59. The summed E-state index contributed by atoms with van der Waals surface area (Å²) in [7, 11) is 2.14. The van der Waals surface area contributed by atoms with E-state index in [2.05, 4.69) is 33.9 Å². The van der Waals surface area contributed by atoms with Crippen LogP contribution < -0.4 is 0 Å². The van der Waals surface area contributed by atoms with E-state index in [1.165, 1.54) is 18.4 Å². The summed E-state index contributed by atoms with van der Waals surface area (Å²) in [5, 5.41) is 9.38. The number of hydrogen-bond donors (Lipinski definition) is 1. The molecule has 0 amide bonds. The monoisotopic (exact) mass is 283 g/mol. The number of hydrogen-bond acceptors (Lipinski definition) is 2. The molecular weight excluding hydrogens is 266 g/mol. The molecule has 0 aromatic heterocycles. The van der Waals surface area contributed by atoms with Crippen molar-refractivity contribution in [1.82, 2.24) is 4.90 Å². The molecule has 1 aliphatic rings. The molecule has 0 unspecified atom stereocenters. The molecule has 16 heavy (non-hydrogen) atoms. The highest BCUT2D eigenvalue weighted by molar-refractivity contribution is 9.09. The van der Waals surface area contributed by atoms with E-state index in [0.29, 0.717) is 5.75 Å². The van der Waals surface area contributed by atoms with Crippen molar-refractivity contribution < 1.29 is 5.11 Å². The van der Waals surface area contributed by atoms with E-state index < -0.39 is 0 Å². The summed E-state index contributed by atoms with van der Waals surface area (Å²) in [5.41, 5.74) is 1.18. The second-order valence-electron chi connectivity index (χ2n) is 4.80. The number of alkyl halides is 1. The Bertz CT molecular complexity index is 350. The SMILES string of the molecule is CN(Cc1cccc(O)c1)CC1CC(Br)C1. The molecule has 1 N–H and O–H groups in total. The Morgan fingerprint density at radius 3 is 2.81 bits per heavy atom. The van der Waals surface area contributed by atoms with Gasteiger partial charge in [-0.2, -0.15) is 0 Å². The fourth-order valence-corrected chi connectivity index (χ4v) is 3.33. The van der Waals surface area contributed by atoms with Gasteiger partial charge in [-0.3, -0.25) is 0 Å². The van der Waals surface area contributed by atoms with E-state index in [4.69, 9.17) is 0 Å². The van der Waals surface area contributed by atoms with Gasteiger partial charge in [0.15, 0.2) is 0 Å². The number of aromatic hydroxyl groups is 1. The van der Waals surface area contributed by atoms with Crippen molar-refractivity contribution in [3.8, 4) is 5.75 Å². The van der Waals surface area contributed by atoms with Crippen molar-refractivity contribution >= 4 is 15.9 Å². The maximum absolute atomic E-state index is 9.38. The molecule has 0 saturated heterocycles. The summed E-state index contributed by atoms with van der Waals surface area (Å²) >= 11 is 3.62. The Hall–Kier alpha value is -0.540. The molecule has 0 aliphatic heterocycles. The summed E-state index contributed by atoms with van der Waals surface area (Å²) in [4.78, 5) is 3.07. The Balaban J connectivity index is 1.80. The molecule has 1 aromatic rings. The standard InChI is InChI=1S/C13H18BrNO/c1-15(9-11-5-12(14)6-11)8-10-3-2-4-13(16)7-10/h2-4,7,11-12,16H,5-6,8-9H2,1H3. The van der Waals surface area contributed by atoms with Gasteiger partial charge in [0.05, 0.1) is 0 Å². The van der Waals surface area contributed by atoms with Crippen LogP contribution in [0.15, 0.2) is 24.3 Å². The number of nitrogens with zero attached hydrogens (tertiary/aromatic N) is 1. The second kappa shape index (κ2) is 5.19. The Morgan fingerprint density at radius 1 is 1.44 bits per heavy atom. The third-order valence-electron chi connectivity index (χ3n) is 3.11. The van der Waals surface area contributed by atoms with Crippen LogP contribution in [-0.4, -0.2) is 28.4 Å². The number of rotatable bonds is 4. The first kappa shape index (κ1) is 11.9. The van der Waals surface area contributed by atoms with Gasteiger partial charge in [0, 0.05) is 17.9 Å². The van der Waals surface area contributed by atoms with Crippen molar-refractivity contribution in [3.05, 3.63) is 29.8 Å². The zero-order valence-electron chi connectivity index (χ0n) is 9.56. The van der Waals surface area contributed by atoms with Gasteiger partial charge < -0.3 is 10.0 Å². The fourth-order valence-electron chi connectivity index (χ4n) is 2.28. The Labute approximate surface area is 105 Å². The summed E-state index contributed by atoms with van der Waals surface area (Å²) in [5.74, 6) is 1.20. The number of phenolic OH excluding ortho intramolecular Hbond substituents is 1. The molecule has 0 spiro atoms. The van der Waals surface area contributed by atoms with E-state index >= 15 is 0 Å². The van der Waals surface area contributed by atoms with Crippen LogP contribution in [0.3, 0.4) is 0 Å². The lowest BCUT2D eigenvalue weighted by molar-refractivity contribution is 0.208. The van der Waals surface area contributed by atoms with Crippen molar-refractivity contribution in [2.45, 2.75) is 24.2 Å². The summed E-state index contributed by atoms with van der Waals surface area (Å²) in [6, 6.07) is 7.51. The first-order chi connectivity index (χ1) is 7.63. The lowest BCUT2D eigenvalue weighted by atomic mass is 9.85. The highest BCUT2D eigenvalue weighted by atomic mass is 79.9. The summed E-state index contributed by atoms with van der Waals surface area (Å²) in [6.45, 7) is 2.07. The van der Waals surface area contributed by atoms with Gasteiger partial charge in [-0.15, -0.1) is 0 Å². The van der Waals surface area contributed by atoms with Crippen LogP contribution in [0.4, 0.5) is 0 Å². The molecular formula is C13H18BrNO. The minimum Gasteiger partial charge on any atom is -0.508 e. The molecule has 0 radical (unpaired) electrons. The Morgan fingerprint density at radius 2 is 2.19 bits per heavy atom. The third-order valence-corrected chi connectivity index (χ3v) is 3.86. The van der Waals surface area contributed by atoms with Crippen LogP contribution in [-0.2, 0) is 6.54 Å². The minimum absolute atomic E-state index is 0.357.